The maximum atomic E-state index is 5.66. The molecule has 0 aromatic heterocycles. The predicted octanol–water partition coefficient (Wildman–Crippen LogP) is 6.78. The summed E-state index contributed by atoms with van der Waals surface area (Å²) in [5.74, 6) is 0. The SMILES string of the molecule is CCCC(SSSSSSSC(CCC)[Si](OC)(OC)OC)[Si](OC)(OC)OC. The summed E-state index contributed by atoms with van der Waals surface area (Å²) in [6, 6.07) is 0. The summed E-state index contributed by atoms with van der Waals surface area (Å²) in [4.78, 5) is 0.423. The molecule has 0 rings (SSSR count). The average molecular weight is 579 g/mol. The topological polar surface area (TPSA) is 55.4 Å². The summed E-state index contributed by atoms with van der Waals surface area (Å²) >= 11 is 0. The Morgan fingerprint density at radius 1 is 0.517 bits per heavy atom. The van der Waals surface area contributed by atoms with Crippen LogP contribution in [0, 0.1) is 0 Å². The van der Waals surface area contributed by atoms with Crippen molar-refractivity contribution in [2.75, 3.05) is 42.7 Å². The molecule has 0 aromatic carbocycles. The molecule has 0 aliphatic carbocycles. The largest absolute Gasteiger partial charge is 0.514 e. The van der Waals surface area contributed by atoms with Crippen LogP contribution in [0.25, 0.3) is 0 Å². The molecule has 0 fully saturated rings. The van der Waals surface area contributed by atoms with Crippen LogP contribution in [-0.4, -0.2) is 70.0 Å². The van der Waals surface area contributed by atoms with Crippen molar-refractivity contribution in [1.82, 2.24) is 0 Å². The van der Waals surface area contributed by atoms with Crippen LogP contribution >= 0.6 is 70.7 Å². The fourth-order valence-electron chi connectivity index (χ4n) is 2.54. The van der Waals surface area contributed by atoms with Crippen LogP contribution in [0.3, 0.4) is 0 Å². The van der Waals surface area contributed by atoms with Crippen molar-refractivity contribution in [1.29, 1.82) is 0 Å². The maximum Gasteiger partial charge on any atom is 0.514 e. The van der Waals surface area contributed by atoms with Gasteiger partial charge in [0.2, 0.25) is 0 Å². The molecule has 0 aliphatic heterocycles. The van der Waals surface area contributed by atoms with Gasteiger partial charge in [0.1, 0.15) is 0 Å². The van der Waals surface area contributed by atoms with E-state index in [0.717, 1.165) is 25.7 Å². The molecule has 29 heavy (non-hydrogen) atoms. The second kappa shape index (κ2) is 19.0. The lowest BCUT2D eigenvalue weighted by atomic mass is 10.4. The molecule has 2 atom stereocenters. The molecule has 0 aromatic rings. The molecule has 0 heterocycles. The first-order valence-corrected chi connectivity index (χ1v) is 21.5. The number of hydrogen-bond donors (Lipinski definition) is 0. The highest BCUT2D eigenvalue weighted by Crippen LogP contribution is 2.57. The second-order valence-corrected chi connectivity index (χ2v) is 24.1. The number of hydrogen-bond acceptors (Lipinski definition) is 13. The summed E-state index contributed by atoms with van der Waals surface area (Å²) in [5.41, 5.74) is 0. The number of rotatable bonds is 20. The standard InChI is InChI=1S/C14H34O6S7Si2/c1-9-11-13(28(15-3,16-4)17-5)21-23-25-27-26-24-22-14(12-10-2)29(18-6,19-7)20-8/h13-14H,9-12H2,1-8H3. The van der Waals surface area contributed by atoms with E-state index in [-0.39, 0.29) is 9.75 Å². The average Bonchev–Trinajstić information content (AvgIpc) is 2.76. The lowest BCUT2D eigenvalue weighted by Crippen LogP contribution is -2.52. The van der Waals surface area contributed by atoms with E-state index in [2.05, 4.69) is 13.8 Å². The molecule has 2 unspecified atom stereocenters. The minimum atomic E-state index is -2.63. The molecule has 0 aliphatic rings. The van der Waals surface area contributed by atoms with Crippen LogP contribution in [0.15, 0.2) is 0 Å². The highest BCUT2D eigenvalue weighted by Gasteiger charge is 2.48. The molecule has 15 heteroatoms. The first-order chi connectivity index (χ1) is 14.0. The minimum absolute atomic E-state index is 0.211. The van der Waals surface area contributed by atoms with Gasteiger partial charge in [0.15, 0.2) is 0 Å². The van der Waals surface area contributed by atoms with Crippen LogP contribution in [0.1, 0.15) is 39.5 Å². The fourth-order valence-corrected chi connectivity index (χ4v) is 27.8. The zero-order valence-electron chi connectivity index (χ0n) is 18.3. The predicted molar refractivity (Wildman–Crippen MR) is 144 cm³/mol. The van der Waals surface area contributed by atoms with Gasteiger partial charge >= 0.3 is 17.6 Å². The smallest absolute Gasteiger partial charge is 0.376 e. The minimum Gasteiger partial charge on any atom is -0.376 e. The third-order valence-corrected chi connectivity index (χ3v) is 26.3. The first-order valence-electron chi connectivity index (χ1n) is 8.95. The Balaban J connectivity index is 4.39. The molecule has 0 saturated heterocycles. The highest BCUT2D eigenvalue weighted by molar-refractivity contribution is 9.46. The quantitative estimate of drug-likeness (QED) is 0.0867. The van der Waals surface area contributed by atoms with Gasteiger partial charge in [-0.1, -0.05) is 48.3 Å². The first kappa shape index (κ1) is 31.6. The Hall–Kier alpha value is 2.64. The lowest BCUT2D eigenvalue weighted by molar-refractivity contribution is 0.120. The Labute approximate surface area is 205 Å². The van der Waals surface area contributed by atoms with E-state index < -0.39 is 17.6 Å². The van der Waals surface area contributed by atoms with Crippen molar-refractivity contribution in [3.05, 3.63) is 0 Å². The Bertz CT molecular complexity index is 347. The van der Waals surface area contributed by atoms with Gasteiger partial charge in [0.25, 0.3) is 0 Å². The Kier molecular flexibility index (Phi) is 20.7. The molecule has 0 radical (unpaired) electrons. The summed E-state index contributed by atoms with van der Waals surface area (Å²) in [5, 5.41) is 0. The van der Waals surface area contributed by atoms with E-state index in [9.17, 15) is 0 Å². The molecule has 0 spiro atoms. The van der Waals surface area contributed by atoms with Gasteiger partial charge in [0.05, 0.1) is 9.75 Å². The molecule has 176 valence electrons. The van der Waals surface area contributed by atoms with Crippen LogP contribution in [-0.2, 0) is 26.6 Å². The summed E-state index contributed by atoms with van der Waals surface area (Å²) in [6.45, 7) is 4.33. The van der Waals surface area contributed by atoms with Gasteiger partial charge in [-0.3, -0.25) is 0 Å². The maximum absolute atomic E-state index is 5.66. The van der Waals surface area contributed by atoms with Crippen LogP contribution in [0.4, 0.5) is 0 Å². The molecule has 0 saturated carbocycles. The molecule has 0 amide bonds. The molecular formula is C14H34O6S7Si2. The molecule has 6 nitrogen and oxygen atoms in total. The van der Waals surface area contributed by atoms with Crippen LogP contribution in [0.2, 0.25) is 0 Å². The van der Waals surface area contributed by atoms with E-state index in [4.69, 9.17) is 26.6 Å². The van der Waals surface area contributed by atoms with Gasteiger partial charge in [-0.25, -0.2) is 0 Å². The Morgan fingerprint density at radius 3 is 1.03 bits per heavy atom. The van der Waals surface area contributed by atoms with Crippen molar-refractivity contribution in [2.45, 2.75) is 49.3 Å². The molecule has 0 bridgehead atoms. The monoisotopic (exact) mass is 578 g/mol. The summed E-state index contributed by atoms with van der Waals surface area (Å²) in [7, 11) is 17.1. The zero-order chi connectivity index (χ0) is 22.2. The van der Waals surface area contributed by atoms with E-state index >= 15 is 0 Å². The Morgan fingerprint density at radius 2 is 0.793 bits per heavy atom. The highest BCUT2D eigenvalue weighted by atomic mass is 33.9. The lowest BCUT2D eigenvalue weighted by Gasteiger charge is -2.31. The van der Waals surface area contributed by atoms with E-state index in [1.165, 1.54) is 0 Å². The zero-order valence-corrected chi connectivity index (χ0v) is 26.0. The normalized spacial score (nSPS) is 14.9. The van der Waals surface area contributed by atoms with Crippen molar-refractivity contribution in [3.8, 4) is 0 Å². The van der Waals surface area contributed by atoms with Crippen molar-refractivity contribution in [3.63, 3.8) is 0 Å². The second-order valence-electron chi connectivity index (χ2n) is 5.52. The molecule has 0 N–H and O–H groups in total. The third kappa shape index (κ3) is 10.6. The summed E-state index contributed by atoms with van der Waals surface area (Å²) in [6.07, 6.45) is 4.12. The third-order valence-electron chi connectivity index (χ3n) is 4.02. The van der Waals surface area contributed by atoms with E-state index in [1.807, 2.05) is 0 Å². The van der Waals surface area contributed by atoms with Gasteiger partial charge in [0, 0.05) is 42.7 Å². The van der Waals surface area contributed by atoms with Crippen molar-refractivity contribution in [2.24, 2.45) is 0 Å². The van der Waals surface area contributed by atoms with Gasteiger partial charge in [-0.05, 0) is 62.0 Å². The van der Waals surface area contributed by atoms with Gasteiger partial charge < -0.3 is 26.6 Å². The van der Waals surface area contributed by atoms with Crippen LogP contribution < -0.4 is 0 Å². The molecular weight excluding hydrogens is 545 g/mol. The van der Waals surface area contributed by atoms with Crippen molar-refractivity contribution >= 4 is 88.3 Å². The van der Waals surface area contributed by atoms with Crippen molar-refractivity contribution < 1.29 is 26.6 Å². The summed E-state index contributed by atoms with van der Waals surface area (Å²) < 4.78 is 34.0. The fraction of sp³-hybridized carbons (Fsp3) is 1.00. The van der Waals surface area contributed by atoms with Gasteiger partial charge in [-0.15, -0.1) is 0 Å². The van der Waals surface area contributed by atoms with E-state index in [0.29, 0.717) is 0 Å². The van der Waals surface area contributed by atoms with Crippen LogP contribution in [0.5, 0.6) is 0 Å². The van der Waals surface area contributed by atoms with Gasteiger partial charge in [-0.2, -0.15) is 0 Å². The van der Waals surface area contributed by atoms with E-state index in [1.54, 1.807) is 113 Å².